The largest absolute Gasteiger partial charge is 0.355 e. The van der Waals surface area contributed by atoms with Crippen LogP contribution in [0.25, 0.3) is 0 Å². The summed E-state index contributed by atoms with van der Waals surface area (Å²) >= 11 is 0. The molecule has 0 amide bonds. The van der Waals surface area contributed by atoms with Gasteiger partial charge in [-0.15, -0.1) is 34.2 Å². The van der Waals surface area contributed by atoms with Crippen molar-refractivity contribution < 1.29 is 8.42 Å². The van der Waals surface area contributed by atoms with Crippen molar-refractivity contribution in [1.82, 2.24) is 29.7 Å². The minimum absolute atomic E-state index is 0. The lowest BCUT2D eigenvalue weighted by atomic mass is 10.2. The average molecular weight is 525 g/mol. The van der Waals surface area contributed by atoms with E-state index >= 15 is 0 Å². The second-order valence-electron chi connectivity index (χ2n) is 7.56. The van der Waals surface area contributed by atoms with Gasteiger partial charge in [-0.3, -0.25) is 0 Å². The van der Waals surface area contributed by atoms with E-state index in [1.807, 2.05) is 18.5 Å². The van der Waals surface area contributed by atoms with E-state index in [2.05, 4.69) is 25.8 Å². The third kappa shape index (κ3) is 6.02. The van der Waals surface area contributed by atoms with Crippen LogP contribution in [0.15, 0.2) is 4.99 Å². The Kier molecular flexibility index (Phi) is 8.49. The van der Waals surface area contributed by atoms with Gasteiger partial charge >= 0.3 is 0 Å². The number of rotatable bonds is 6. The highest BCUT2D eigenvalue weighted by Crippen LogP contribution is 2.20. The maximum Gasteiger partial charge on any atom is 0.211 e. The summed E-state index contributed by atoms with van der Waals surface area (Å²) in [7, 11) is -1.24. The summed E-state index contributed by atoms with van der Waals surface area (Å²) < 4.78 is 27.4. The lowest BCUT2D eigenvalue weighted by Gasteiger charge is -2.24. The molecular formula is C17H32IN7O2S. The van der Waals surface area contributed by atoms with Crippen molar-refractivity contribution in [3.05, 3.63) is 11.6 Å². The van der Waals surface area contributed by atoms with Crippen molar-refractivity contribution in [2.75, 3.05) is 19.3 Å². The molecule has 0 radical (unpaired) electrons. The van der Waals surface area contributed by atoms with Crippen LogP contribution in [0.1, 0.15) is 50.2 Å². The van der Waals surface area contributed by atoms with Crippen LogP contribution < -0.4 is 10.6 Å². The van der Waals surface area contributed by atoms with Crippen molar-refractivity contribution in [2.24, 2.45) is 12.0 Å². The average Bonchev–Trinajstić information content (AvgIpc) is 3.34. The first-order valence-corrected chi connectivity index (χ1v) is 11.6. The second-order valence-corrected chi connectivity index (χ2v) is 9.50. The molecule has 0 spiro atoms. The molecule has 0 unspecified atom stereocenters. The molecule has 2 fully saturated rings. The molecule has 11 heteroatoms. The van der Waals surface area contributed by atoms with Crippen LogP contribution in [0.5, 0.6) is 0 Å². The van der Waals surface area contributed by atoms with Crippen LogP contribution in [0, 0.1) is 6.92 Å². The van der Waals surface area contributed by atoms with Gasteiger partial charge in [0.15, 0.2) is 11.8 Å². The Hall–Kier alpha value is -0.950. The summed E-state index contributed by atoms with van der Waals surface area (Å²) in [5, 5.41) is 15.1. The molecule has 160 valence electrons. The monoisotopic (exact) mass is 525 g/mol. The van der Waals surface area contributed by atoms with Gasteiger partial charge in [-0.1, -0.05) is 12.8 Å². The standard InChI is InChI=1S/C17H31N7O2S.HI/c1-13-21-22-16(23(13)2)12-19-17(20-14-7-4-5-8-14)18-11-15-9-6-10-24(15)27(3,25)26;/h14-15H,4-12H2,1-3H3,(H2,18,19,20);1H/t15-;/m1./s1. The number of aromatic nitrogens is 3. The molecule has 28 heavy (non-hydrogen) atoms. The number of halogens is 1. The van der Waals surface area contributed by atoms with Gasteiger partial charge in [-0.25, -0.2) is 13.4 Å². The number of hydrogen-bond acceptors (Lipinski definition) is 5. The highest BCUT2D eigenvalue weighted by atomic mass is 127. The molecule has 1 aliphatic heterocycles. The molecule has 2 N–H and O–H groups in total. The Labute approximate surface area is 184 Å². The zero-order valence-electron chi connectivity index (χ0n) is 16.9. The third-order valence-corrected chi connectivity index (χ3v) is 6.84. The number of aliphatic imine (C=N–C) groups is 1. The Bertz CT molecular complexity index is 774. The molecule has 0 bridgehead atoms. The highest BCUT2D eigenvalue weighted by molar-refractivity contribution is 14.0. The summed E-state index contributed by atoms with van der Waals surface area (Å²) in [5.74, 6) is 2.38. The quantitative estimate of drug-likeness (QED) is 0.328. The molecule has 1 saturated carbocycles. The molecule has 1 aromatic rings. The molecular weight excluding hydrogens is 493 g/mol. The van der Waals surface area contributed by atoms with Crippen LogP contribution >= 0.6 is 24.0 Å². The van der Waals surface area contributed by atoms with Crippen LogP contribution in [0.2, 0.25) is 0 Å². The van der Waals surface area contributed by atoms with E-state index in [1.165, 1.54) is 19.1 Å². The van der Waals surface area contributed by atoms with Crippen molar-refractivity contribution in [3.63, 3.8) is 0 Å². The van der Waals surface area contributed by atoms with E-state index in [0.29, 0.717) is 25.7 Å². The van der Waals surface area contributed by atoms with Crippen molar-refractivity contribution in [2.45, 2.75) is 64.1 Å². The lowest BCUT2D eigenvalue weighted by Crippen LogP contribution is -2.48. The summed E-state index contributed by atoms with van der Waals surface area (Å²) in [6.45, 7) is 3.51. The number of nitrogens with zero attached hydrogens (tertiary/aromatic N) is 5. The molecule has 2 heterocycles. The van der Waals surface area contributed by atoms with Crippen LogP contribution in [-0.2, 0) is 23.6 Å². The Morgan fingerprint density at radius 3 is 2.54 bits per heavy atom. The molecule has 1 atom stereocenters. The summed E-state index contributed by atoms with van der Waals surface area (Å²) in [6.07, 6.45) is 7.81. The first-order valence-electron chi connectivity index (χ1n) is 9.71. The molecule has 9 nitrogen and oxygen atoms in total. The second kappa shape index (κ2) is 10.2. The normalized spacial score (nSPS) is 21.7. The van der Waals surface area contributed by atoms with Gasteiger partial charge in [0.05, 0.1) is 6.26 Å². The molecule has 2 aliphatic rings. The first kappa shape index (κ1) is 23.3. The molecule has 0 aromatic carbocycles. The zero-order valence-corrected chi connectivity index (χ0v) is 20.0. The van der Waals surface area contributed by atoms with E-state index in [0.717, 1.165) is 43.3 Å². The first-order chi connectivity index (χ1) is 12.8. The van der Waals surface area contributed by atoms with Crippen molar-refractivity contribution in [1.29, 1.82) is 0 Å². The fourth-order valence-electron chi connectivity index (χ4n) is 3.82. The van der Waals surface area contributed by atoms with E-state index in [-0.39, 0.29) is 30.0 Å². The lowest BCUT2D eigenvalue weighted by molar-refractivity contribution is 0.386. The Balaban J connectivity index is 0.00000280. The van der Waals surface area contributed by atoms with Gasteiger partial charge in [-0.2, -0.15) is 4.31 Å². The minimum Gasteiger partial charge on any atom is -0.355 e. The predicted molar refractivity (Wildman–Crippen MR) is 120 cm³/mol. The zero-order chi connectivity index (χ0) is 19.4. The number of guanidine groups is 1. The minimum atomic E-state index is -3.17. The topological polar surface area (TPSA) is 105 Å². The van der Waals surface area contributed by atoms with Gasteiger partial charge in [0.1, 0.15) is 12.4 Å². The smallest absolute Gasteiger partial charge is 0.211 e. The van der Waals surface area contributed by atoms with Gasteiger partial charge in [0, 0.05) is 32.2 Å². The number of nitrogens with one attached hydrogen (secondary N) is 2. The van der Waals surface area contributed by atoms with E-state index in [9.17, 15) is 8.42 Å². The van der Waals surface area contributed by atoms with Crippen LogP contribution in [0.3, 0.4) is 0 Å². The predicted octanol–water partition coefficient (Wildman–Crippen LogP) is 1.14. The molecule has 1 aromatic heterocycles. The fraction of sp³-hybridized carbons (Fsp3) is 0.824. The summed E-state index contributed by atoms with van der Waals surface area (Å²) in [5.41, 5.74) is 0. The van der Waals surface area contributed by atoms with Crippen LogP contribution in [-0.4, -0.2) is 64.9 Å². The molecule has 1 saturated heterocycles. The maximum atomic E-state index is 12.0. The maximum absolute atomic E-state index is 12.0. The fourth-order valence-corrected chi connectivity index (χ4v) is 5.00. The SMILES string of the molecule is Cc1nnc(CN=C(NC[C@H]2CCCN2S(C)(=O)=O)NC2CCCC2)n1C.I. The third-order valence-electron chi connectivity index (χ3n) is 5.51. The van der Waals surface area contributed by atoms with Gasteiger partial charge in [0.25, 0.3) is 0 Å². The summed E-state index contributed by atoms with van der Waals surface area (Å²) in [6, 6.07) is 0.403. The Morgan fingerprint density at radius 1 is 1.21 bits per heavy atom. The van der Waals surface area contributed by atoms with Gasteiger partial charge in [0.2, 0.25) is 10.0 Å². The van der Waals surface area contributed by atoms with E-state index in [4.69, 9.17) is 0 Å². The van der Waals surface area contributed by atoms with Crippen molar-refractivity contribution >= 4 is 40.0 Å². The van der Waals surface area contributed by atoms with Crippen molar-refractivity contribution in [3.8, 4) is 0 Å². The van der Waals surface area contributed by atoms with E-state index < -0.39 is 10.0 Å². The van der Waals surface area contributed by atoms with Gasteiger partial charge < -0.3 is 15.2 Å². The summed E-state index contributed by atoms with van der Waals surface area (Å²) in [4.78, 5) is 4.68. The van der Waals surface area contributed by atoms with Gasteiger partial charge in [-0.05, 0) is 32.6 Å². The van der Waals surface area contributed by atoms with Crippen LogP contribution in [0.4, 0.5) is 0 Å². The number of hydrogen-bond donors (Lipinski definition) is 2. The molecule has 1 aliphatic carbocycles. The number of aryl methyl sites for hydroxylation is 1. The highest BCUT2D eigenvalue weighted by Gasteiger charge is 2.31. The number of sulfonamides is 1. The molecule has 3 rings (SSSR count). The van der Waals surface area contributed by atoms with E-state index in [1.54, 1.807) is 4.31 Å². The Morgan fingerprint density at radius 2 is 1.93 bits per heavy atom.